The number of rotatable bonds is 2. The van der Waals surface area contributed by atoms with E-state index < -0.39 is 5.91 Å². The molecule has 1 aliphatic heterocycles. The van der Waals surface area contributed by atoms with Gasteiger partial charge in [-0.2, -0.15) is 0 Å². The molecule has 1 atom stereocenters. The van der Waals surface area contributed by atoms with Crippen LogP contribution in [0.5, 0.6) is 0 Å². The van der Waals surface area contributed by atoms with Crippen molar-refractivity contribution in [2.75, 3.05) is 19.8 Å². The minimum absolute atomic E-state index is 0.125. The van der Waals surface area contributed by atoms with E-state index in [1.807, 2.05) is 0 Å². The van der Waals surface area contributed by atoms with Crippen LogP contribution in [0.2, 0.25) is 0 Å². The number of nitrogens with two attached hydrogens (primary N) is 1. The lowest BCUT2D eigenvalue weighted by Crippen LogP contribution is -2.10. The molecular formula is C9H19NO4. The van der Waals surface area contributed by atoms with Gasteiger partial charge in [0, 0.05) is 5.57 Å². The summed E-state index contributed by atoms with van der Waals surface area (Å²) < 4.78 is 4.71. The molecule has 0 aromatic rings. The Morgan fingerprint density at radius 3 is 1.79 bits per heavy atom. The number of primary amides is 1. The highest BCUT2D eigenvalue weighted by Crippen LogP contribution is 2.04. The zero-order valence-corrected chi connectivity index (χ0v) is 8.69. The second kappa shape index (κ2) is 10.2. The van der Waals surface area contributed by atoms with Crippen molar-refractivity contribution in [2.45, 2.75) is 20.0 Å². The Labute approximate surface area is 84.2 Å². The summed E-state index contributed by atoms with van der Waals surface area (Å²) in [4.78, 5) is 9.82. The second-order valence-electron chi connectivity index (χ2n) is 2.74. The lowest BCUT2D eigenvalue weighted by atomic mass is 10.3. The van der Waals surface area contributed by atoms with E-state index in [2.05, 4.69) is 13.5 Å². The summed E-state index contributed by atoms with van der Waals surface area (Å²) in [6, 6.07) is 0. The fourth-order valence-electron chi connectivity index (χ4n) is 0.0962. The van der Waals surface area contributed by atoms with Gasteiger partial charge in [0.15, 0.2) is 0 Å². The number of amides is 1. The maximum absolute atomic E-state index is 9.82. The quantitative estimate of drug-likeness (QED) is 0.415. The van der Waals surface area contributed by atoms with Crippen molar-refractivity contribution in [3.05, 3.63) is 12.2 Å². The van der Waals surface area contributed by atoms with E-state index in [9.17, 15) is 4.79 Å². The van der Waals surface area contributed by atoms with Crippen LogP contribution < -0.4 is 5.73 Å². The Hall–Kier alpha value is -0.910. The molecule has 1 rings (SSSR count). The molecule has 14 heavy (non-hydrogen) atoms. The highest BCUT2D eigenvalue weighted by atomic mass is 16.6. The van der Waals surface area contributed by atoms with Crippen molar-refractivity contribution in [2.24, 2.45) is 5.73 Å². The zero-order chi connectivity index (χ0) is 11.6. The van der Waals surface area contributed by atoms with Gasteiger partial charge in [-0.3, -0.25) is 4.79 Å². The molecule has 5 heteroatoms. The Morgan fingerprint density at radius 1 is 1.57 bits per heavy atom. The van der Waals surface area contributed by atoms with Gasteiger partial charge in [-0.05, 0) is 13.8 Å². The molecule has 4 N–H and O–H groups in total. The van der Waals surface area contributed by atoms with E-state index in [1.165, 1.54) is 0 Å². The van der Waals surface area contributed by atoms with Crippen molar-refractivity contribution < 1.29 is 19.7 Å². The SMILES string of the molecule is C=C(C)C(N)=O.CC1CO1.OCCO. The van der Waals surface area contributed by atoms with Crippen LogP contribution in [0.15, 0.2) is 12.2 Å². The van der Waals surface area contributed by atoms with Crippen molar-refractivity contribution >= 4 is 5.91 Å². The largest absolute Gasteiger partial charge is 0.394 e. The first kappa shape index (κ1) is 15.6. The van der Waals surface area contributed by atoms with Crippen LogP contribution in [0.25, 0.3) is 0 Å². The fourth-order valence-corrected chi connectivity index (χ4v) is 0.0962. The van der Waals surface area contributed by atoms with Crippen molar-refractivity contribution in [3.63, 3.8) is 0 Å². The molecule has 0 spiro atoms. The smallest absolute Gasteiger partial charge is 0.243 e. The lowest BCUT2D eigenvalue weighted by molar-refractivity contribution is -0.114. The number of hydrogen-bond acceptors (Lipinski definition) is 4. The summed E-state index contributed by atoms with van der Waals surface area (Å²) in [6.45, 7) is 7.64. The number of aliphatic hydroxyl groups excluding tert-OH is 2. The maximum atomic E-state index is 9.82. The third-order valence-corrected chi connectivity index (χ3v) is 1.02. The van der Waals surface area contributed by atoms with Crippen LogP contribution in [0.4, 0.5) is 0 Å². The normalized spacial score (nSPS) is 16.7. The highest BCUT2D eigenvalue weighted by molar-refractivity contribution is 5.90. The van der Waals surface area contributed by atoms with E-state index in [4.69, 9.17) is 20.7 Å². The molecule has 84 valence electrons. The summed E-state index contributed by atoms with van der Waals surface area (Å²) in [5.74, 6) is -0.435. The van der Waals surface area contributed by atoms with Crippen molar-refractivity contribution in [3.8, 4) is 0 Å². The Balaban J connectivity index is 0. The van der Waals surface area contributed by atoms with E-state index in [0.717, 1.165) is 6.61 Å². The molecule has 5 nitrogen and oxygen atoms in total. The van der Waals surface area contributed by atoms with Crippen LogP contribution in [-0.2, 0) is 9.53 Å². The third-order valence-electron chi connectivity index (χ3n) is 1.02. The maximum Gasteiger partial charge on any atom is 0.243 e. The van der Waals surface area contributed by atoms with Crippen LogP contribution in [0.1, 0.15) is 13.8 Å². The first-order valence-corrected chi connectivity index (χ1v) is 4.24. The third kappa shape index (κ3) is 22.5. The number of carbonyl (C=O) groups is 1. The van der Waals surface area contributed by atoms with E-state index in [1.54, 1.807) is 6.92 Å². The Kier molecular flexibility index (Phi) is 11.3. The van der Waals surface area contributed by atoms with Crippen molar-refractivity contribution in [1.82, 2.24) is 0 Å². The molecule has 0 bridgehead atoms. The molecule has 1 fully saturated rings. The first-order chi connectivity index (χ1) is 6.45. The monoisotopic (exact) mass is 205 g/mol. The minimum atomic E-state index is -0.435. The van der Waals surface area contributed by atoms with Gasteiger partial charge in [-0.1, -0.05) is 6.58 Å². The fraction of sp³-hybridized carbons (Fsp3) is 0.667. The van der Waals surface area contributed by atoms with Gasteiger partial charge >= 0.3 is 0 Å². The summed E-state index contributed by atoms with van der Waals surface area (Å²) in [7, 11) is 0. The molecule has 0 radical (unpaired) electrons. The van der Waals surface area contributed by atoms with Gasteiger partial charge < -0.3 is 20.7 Å². The average Bonchev–Trinajstić information content (AvgIpc) is 2.89. The van der Waals surface area contributed by atoms with E-state index in [-0.39, 0.29) is 13.2 Å². The molecule has 0 saturated carbocycles. The molecule has 1 unspecified atom stereocenters. The minimum Gasteiger partial charge on any atom is -0.394 e. The molecule has 0 aromatic carbocycles. The van der Waals surface area contributed by atoms with Gasteiger partial charge in [0.25, 0.3) is 0 Å². The van der Waals surface area contributed by atoms with Gasteiger partial charge in [0.05, 0.1) is 25.9 Å². The summed E-state index contributed by atoms with van der Waals surface area (Å²) >= 11 is 0. The zero-order valence-electron chi connectivity index (χ0n) is 8.69. The number of ether oxygens (including phenoxy) is 1. The van der Waals surface area contributed by atoms with Crippen LogP contribution in [0.3, 0.4) is 0 Å². The Morgan fingerprint density at radius 2 is 1.79 bits per heavy atom. The second-order valence-corrected chi connectivity index (χ2v) is 2.74. The number of hydrogen-bond donors (Lipinski definition) is 3. The molecular weight excluding hydrogens is 186 g/mol. The summed E-state index contributed by atoms with van der Waals surface area (Å²) in [6.07, 6.45) is 0.583. The number of epoxide rings is 1. The van der Waals surface area contributed by atoms with Gasteiger partial charge in [-0.15, -0.1) is 0 Å². The number of carbonyl (C=O) groups excluding carboxylic acids is 1. The van der Waals surface area contributed by atoms with E-state index >= 15 is 0 Å². The highest BCUT2D eigenvalue weighted by Gasteiger charge is 2.13. The van der Waals surface area contributed by atoms with Gasteiger partial charge in [-0.25, -0.2) is 0 Å². The predicted octanol–water partition coefficient (Wildman–Crippen LogP) is -0.576. The van der Waals surface area contributed by atoms with E-state index in [0.29, 0.717) is 11.7 Å². The summed E-state index contributed by atoms with van der Waals surface area (Å²) in [5, 5.41) is 15.2. The molecule has 1 heterocycles. The van der Waals surface area contributed by atoms with Gasteiger partial charge in [0.2, 0.25) is 5.91 Å². The van der Waals surface area contributed by atoms with Crippen LogP contribution >= 0.6 is 0 Å². The van der Waals surface area contributed by atoms with Crippen molar-refractivity contribution in [1.29, 1.82) is 0 Å². The molecule has 1 saturated heterocycles. The predicted molar refractivity (Wildman–Crippen MR) is 53.6 cm³/mol. The van der Waals surface area contributed by atoms with Crippen LogP contribution in [0, 0.1) is 0 Å². The average molecular weight is 205 g/mol. The number of aliphatic hydroxyl groups is 2. The Bertz CT molecular complexity index is 152. The molecule has 1 amide bonds. The van der Waals surface area contributed by atoms with Gasteiger partial charge in [0.1, 0.15) is 0 Å². The molecule has 0 aliphatic carbocycles. The standard InChI is InChI=1S/C4H7NO.C3H6O.C2H6O2/c1-3(2)4(5)6;1-3-2-4-3;3-1-2-4/h1H2,2H3,(H2,5,6);3H,2H2,1H3;3-4H,1-2H2. The lowest BCUT2D eigenvalue weighted by Gasteiger charge is -1.81. The van der Waals surface area contributed by atoms with Crippen LogP contribution in [-0.4, -0.2) is 42.0 Å². The molecule has 1 aliphatic rings. The topological polar surface area (TPSA) is 96.1 Å². The summed E-state index contributed by atoms with van der Waals surface area (Å²) in [5.41, 5.74) is 5.09. The first-order valence-electron chi connectivity index (χ1n) is 4.24. The molecule has 0 aromatic heterocycles.